The minimum Gasteiger partial charge on any atom is -0.496 e. The molecule has 2 N–H and O–H groups in total. The van der Waals surface area contributed by atoms with Gasteiger partial charge in [0.25, 0.3) is 0 Å². The van der Waals surface area contributed by atoms with E-state index in [0.29, 0.717) is 63.1 Å². The number of anilines is 1. The molecule has 4 aromatic carbocycles. The fourth-order valence-electron chi connectivity index (χ4n) is 5.99. The number of methoxy groups -OCH3 is 1. The van der Waals surface area contributed by atoms with Crippen LogP contribution in [0.4, 0.5) is 5.69 Å². The summed E-state index contributed by atoms with van der Waals surface area (Å²) in [6.45, 7) is 0. The summed E-state index contributed by atoms with van der Waals surface area (Å²) in [5, 5.41) is 18.7. The standard InChI is InChI=1S/C34H26Cl2N4O4S/c1-44-31-16-9-20-5-2-3-6-24(20)27(31)19-39-34-26(18-37)32(25-15-10-21(35)17-28(25)36)33-29(7-4-8-30(33)41)40(34)22-11-13-23(14-12-22)45(38,42)43/h2-3,5-6,9-17,19,32H,4,7-8H2,1H3,(H2,38,42,43)/b39-19+. The lowest BCUT2D eigenvalue weighted by Crippen LogP contribution is -2.35. The summed E-state index contributed by atoms with van der Waals surface area (Å²) in [4.78, 5) is 20.3. The van der Waals surface area contributed by atoms with E-state index < -0.39 is 15.9 Å². The third-order valence-corrected chi connectivity index (χ3v) is 9.50. The number of primary sulfonamides is 1. The van der Waals surface area contributed by atoms with Crippen LogP contribution in [0.15, 0.2) is 111 Å². The number of hydrogen-bond donors (Lipinski definition) is 1. The van der Waals surface area contributed by atoms with Gasteiger partial charge in [-0.25, -0.2) is 18.5 Å². The molecule has 6 rings (SSSR count). The number of nitriles is 1. The Kier molecular flexibility index (Phi) is 8.25. The highest BCUT2D eigenvalue weighted by atomic mass is 35.5. The van der Waals surface area contributed by atoms with Gasteiger partial charge in [-0.3, -0.25) is 9.69 Å². The number of carbonyl (C=O) groups is 1. The number of ketones is 1. The van der Waals surface area contributed by atoms with Crippen LogP contribution >= 0.6 is 23.2 Å². The molecular formula is C34H26Cl2N4O4S. The zero-order chi connectivity index (χ0) is 31.9. The molecule has 0 radical (unpaired) electrons. The van der Waals surface area contributed by atoms with Crippen LogP contribution in [0.5, 0.6) is 5.75 Å². The summed E-state index contributed by atoms with van der Waals surface area (Å²) in [5.41, 5.74) is 3.06. The molecule has 1 atom stereocenters. The molecular weight excluding hydrogens is 631 g/mol. The maximum Gasteiger partial charge on any atom is 0.238 e. The van der Waals surface area contributed by atoms with Crippen molar-refractivity contribution in [2.24, 2.45) is 10.1 Å². The van der Waals surface area contributed by atoms with Crippen molar-refractivity contribution in [2.75, 3.05) is 12.0 Å². The lowest BCUT2D eigenvalue weighted by atomic mass is 9.75. The number of aliphatic imine (C=N–C) groups is 1. The molecule has 0 aromatic heterocycles. The monoisotopic (exact) mass is 656 g/mol. The second-order valence-corrected chi connectivity index (χ2v) is 13.0. The van der Waals surface area contributed by atoms with Crippen LogP contribution in [-0.2, 0) is 14.8 Å². The largest absolute Gasteiger partial charge is 0.496 e. The van der Waals surface area contributed by atoms with Crippen LogP contribution in [0, 0.1) is 11.3 Å². The molecule has 0 saturated carbocycles. The first-order valence-electron chi connectivity index (χ1n) is 14.0. The van der Waals surface area contributed by atoms with Gasteiger partial charge in [0.15, 0.2) is 11.6 Å². The van der Waals surface area contributed by atoms with E-state index in [2.05, 4.69) is 6.07 Å². The zero-order valence-corrected chi connectivity index (χ0v) is 26.3. The number of benzene rings is 4. The number of Topliss-reactive ketones (excluding diaryl/α,β-unsaturated/α-hetero) is 1. The predicted octanol–water partition coefficient (Wildman–Crippen LogP) is 7.27. The van der Waals surface area contributed by atoms with E-state index in [-0.39, 0.29) is 22.1 Å². The quantitative estimate of drug-likeness (QED) is 0.218. The molecule has 11 heteroatoms. The lowest BCUT2D eigenvalue weighted by Gasteiger charge is -2.39. The van der Waals surface area contributed by atoms with Gasteiger partial charge in [0.1, 0.15) is 5.75 Å². The Labute approximate surface area is 270 Å². The normalized spacial score (nSPS) is 17.2. The molecule has 0 amide bonds. The Morgan fingerprint density at radius 2 is 1.80 bits per heavy atom. The van der Waals surface area contributed by atoms with Crippen molar-refractivity contribution in [1.82, 2.24) is 0 Å². The third kappa shape index (κ3) is 5.62. The van der Waals surface area contributed by atoms with Crippen molar-refractivity contribution in [1.29, 1.82) is 5.26 Å². The minimum atomic E-state index is -3.96. The molecule has 0 spiro atoms. The van der Waals surface area contributed by atoms with Crippen LogP contribution < -0.4 is 14.8 Å². The number of nitrogens with two attached hydrogens (primary N) is 1. The van der Waals surface area contributed by atoms with Gasteiger partial charge in [0.2, 0.25) is 10.0 Å². The molecule has 1 aliphatic carbocycles. The fraction of sp³-hybridized carbons (Fsp3) is 0.147. The molecule has 45 heavy (non-hydrogen) atoms. The van der Waals surface area contributed by atoms with E-state index in [1.54, 1.807) is 48.6 Å². The maximum absolute atomic E-state index is 13.7. The van der Waals surface area contributed by atoms with E-state index in [4.69, 9.17) is 38.1 Å². The number of halogens is 2. The molecule has 1 unspecified atom stereocenters. The lowest BCUT2D eigenvalue weighted by molar-refractivity contribution is -0.116. The van der Waals surface area contributed by atoms with Gasteiger partial charge in [-0.15, -0.1) is 0 Å². The van der Waals surface area contributed by atoms with Crippen molar-refractivity contribution < 1.29 is 17.9 Å². The maximum atomic E-state index is 13.7. The van der Waals surface area contributed by atoms with Crippen molar-refractivity contribution in [3.8, 4) is 11.8 Å². The number of rotatable bonds is 6. The average molecular weight is 658 g/mol. The van der Waals surface area contributed by atoms with Crippen molar-refractivity contribution in [3.63, 3.8) is 0 Å². The summed E-state index contributed by atoms with van der Waals surface area (Å²) in [5.74, 6) is -0.0595. The molecule has 8 nitrogen and oxygen atoms in total. The van der Waals surface area contributed by atoms with E-state index >= 15 is 0 Å². The van der Waals surface area contributed by atoms with Gasteiger partial charge in [0.05, 0.1) is 29.6 Å². The first-order valence-corrected chi connectivity index (χ1v) is 16.3. The Hall–Kier alpha value is -4.46. The number of sulfonamides is 1. The summed E-state index contributed by atoms with van der Waals surface area (Å²) in [6, 6.07) is 24.9. The summed E-state index contributed by atoms with van der Waals surface area (Å²) in [7, 11) is -2.38. The Morgan fingerprint density at radius 1 is 1.04 bits per heavy atom. The highest BCUT2D eigenvalue weighted by Crippen LogP contribution is 2.49. The van der Waals surface area contributed by atoms with Crippen LogP contribution in [0.25, 0.3) is 10.8 Å². The summed E-state index contributed by atoms with van der Waals surface area (Å²) >= 11 is 12.9. The SMILES string of the molecule is COc1ccc2ccccc2c1/C=N/C1=C(C#N)C(c2ccc(Cl)cc2Cl)C2=C(CCCC2=O)N1c1ccc(S(N)(=O)=O)cc1. The van der Waals surface area contributed by atoms with Gasteiger partial charge in [0, 0.05) is 45.2 Å². The van der Waals surface area contributed by atoms with Crippen molar-refractivity contribution >= 4 is 61.7 Å². The van der Waals surface area contributed by atoms with Crippen LogP contribution in [0.3, 0.4) is 0 Å². The number of ether oxygens (including phenoxy) is 1. The average Bonchev–Trinajstić information content (AvgIpc) is 3.02. The molecule has 1 aliphatic heterocycles. The highest BCUT2D eigenvalue weighted by Gasteiger charge is 2.42. The predicted molar refractivity (Wildman–Crippen MR) is 176 cm³/mol. The van der Waals surface area contributed by atoms with Crippen LogP contribution in [-0.4, -0.2) is 27.5 Å². The van der Waals surface area contributed by atoms with Crippen LogP contribution in [0.2, 0.25) is 10.0 Å². The van der Waals surface area contributed by atoms with E-state index in [9.17, 15) is 18.5 Å². The van der Waals surface area contributed by atoms with Crippen LogP contribution in [0.1, 0.15) is 36.3 Å². The highest BCUT2D eigenvalue weighted by molar-refractivity contribution is 7.89. The summed E-state index contributed by atoms with van der Waals surface area (Å²) < 4.78 is 29.8. The van der Waals surface area contributed by atoms with Crippen molar-refractivity contribution in [3.05, 3.63) is 123 Å². The topological polar surface area (TPSA) is 126 Å². The Bertz CT molecular complexity index is 2120. The summed E-state index contributed by atoms with van der Waals surface area (Å²) in [6.07, 6.45) is 3.05. The Balaban J connectivity index is 1.65. The van der Waals surface area contributed by atoms with E-state index in [1.165, 1.54) is 12.1 Å². The van der Waals surface area contributed by atoms with Crippen molar-refractivity contribution in [2.45, 2.75) is 30.1 Å². The third-order valence-electron chi connectivity index (χ3n) is 8.01. The molecule has 226 valence electrons. The van der Waals surface area contributed by atoms with Gasteiger partial charge in [-0.05, 0) is 71.6 Å². The second kappa shape index (κ2) is 12.1. The molecule has 0 fully saturated rings. The van der Waals surface area contributed by atoms with Gasteiger partial charge < -0.3 is 4.74 Å². The number of nitrogens with zero attached hydrogens (tertiary/aromatic N) is 3. The molecule has 1 heterocycles. The molecule has 0 bridgehead atoms. The number of allylic oxidation sites excluding steroid dienone is 3. The smallest absolute Gasteiger partial charge is 0.238 e. The van der Waals surface area contributed by atoms with Gasteiger partial charge in [-0.1, -0.05) is 59.6 Å². The molecule has 0 saturated heterocycles. The number of fused-ring (bicyclic) bond motifs is 1. The fourth-order valence-corrected chi connectivity index (χ4v) is 7.03. The Morgan fingerprint density at radius 3 is 2.49 bits per heavy atom. The zero-order valence-electron chi connectivity index (χ0n) is 24.0. The number of hydrogen-bond acceptors (Lipinski definition) is 7. The second-order valence-electron chi connectivity index (χ2n) is 10.6. The first kappa shape index (κ1) is 30.6. The van der Waals surface area contributed by atoms with E-state index in [1.807, 2.05) is 36.4 Å². The van der Waals surface area contributed by atoms with Gasteiger partial charge in [-0.2, -0.15) is 5.26 Å². The number of carbonyl (C=O) groups excluding carboxylic acids is 1. The van der Waals surface area contributed by atoms with Gasteiger partial charge >= 0.3 is 0 Å². The first-order chi connectivity index (χ1) is 21.6. The minimum absolute atomic E-state index is 0.0713. The molecule has 2 aliphatic rings. The van der Waals surface area contributed by atoms with E-state index in [0.717, 1.165) is 10.8 Å². The molecule has 4 aromatic rings.